The molecule has 0 fully saturated rings. The molecule has 6 nitrogen and oxygen atoms in total. The molecule has 2 aromatic carbocycles. The van der Waals surface area contributed by atoms with E-state index >= 15 is 0 Å². The van der Waals surface area contributed by atoms with Crippen LogP contribution in [0.2, 0.25) is 0 Å². The SMILES string of the molecule is Cc1ccccc1NC(=O)c1[nH]c[nH+]c1C(=O)Nc1ccccc1C. The summed E-state index contributed by atoms with van der Waals surface area (Å²) in [6.07, 6.45) is 1.46. The summed E-state index contributed by atoms with van der Waals surface area (Å²) in [7, 11) is 0. The predicted octanol–water partition coefficient (Wildman–Crippen LogP) is 2.95. The van der Waals surface area contributed by atoms with Gasteiger partial charge >= 0.3 is 0 Å². The molecular formula is C19H19N4O2+. The normalized spacial score (nSPS) is 10.3. The Hall–Kier alpha value is -3.41. The van der Waals surface area contributed by atoms with Gasteiger partial charge in [0.05, 0.1) is 0 Å². The molecule has 1 heterocycles. The minimum atomic E-state index is -0.384. The van der Waals surface area contributed by atoms with Gasteiger partial charge in [-0.25, -0.2) is 9.97 Å². The molecule has 3 aromatic rings. The summed E-state index contributed by atoms with van der Waals surface area (Å²) >= 11 is 0. The van der Waals surface area contributed by atoms with Crippen LogP contribution in [0.25, 0.3) is 0 Å². The number of para-hydroxylation sites is 2. The number of hydrogen-bond acceptors (Lipinski definition) is 2. The zero-order chi connectivity index (χ0) is 17.8. The highest BCUT2D eigenvalue weighted by atomic mass is 16.2. The predicted molar refractivity (Wildman–Crippen MR) is 95.6 cm³/mol. The van der Waals surface area contributed by atoms with Crippen LogP contribution < -0.4 is 15.6 Å². The smallest absolute Gasteiger partial charge is 0.300 e. The van der Waals surface area contributed by atoms with Crippen LogP contribution in [0.5, 0.6) is 0 Å². The van der Waals surface area contributed by atoms with E-state index in [1.807, 2.05) is 62.4 Å². The summed E-state index contributed by atoms with van der Waals surface area (Å²) < 4.78 is 0. The molecule has 6 heteroatoms. The first-order valence-corrected chi connectivity index (χ1v) is 7.89. The number of benzene rings is 2. The van der Waals surface area contributed by atoms with Crippen molar-refractivity contribution in [3.05, 3.63) is 77.4 Å². The molecule has 0 saturated carbocycles. The zero-order valence-electron chi connectivity index (χ0n) is 14.0. The number of aromatic nitrogens is 2. The van der Waals surface area contributed by atoms with Gasteiger partial charge in [-0.05, 0) is 37.1 Å². The van der Waals surface area contributed by atoms with E-state index in [1.165, 1.54) is 6.33 Å². The van der Waals surface area contributed by atoms with Crippen molar-refractivity contribution in [2.45, 2.75) is 13.8 Å². The fourth-order valence-electron chi connectivity index (χ4n) is 2.48. The molecule has 2 amide bonds. The summed E-state index contributed by atoms with van der Waals surface area (Å²) in [6, 6.07) is 14.9. The Bertz CT molecular complexity index is 856. The number of aryl methyl sites for hydroxylation is 2. The van der Waals surface area contributed by atoms with Gasteiger partial charge in [0, 0.05) is 11.4 Å². The van der Waals surface area contributed by atoms with Gasteiger partial charge in [-0.3, -0.25) is 9.59 Å². The van der Waals surface area contributed by atoms with Gasteiger partial charge in [-0.2, -0.15) is 0 Å². The Labute approximate surface area is 145 Å². The highest BCUT2D eigenvalue weighted by Crippen LogP contribution is 2.16. The quantitative estimate of drug-likeness (QED) is 0.684. The number of amides is 2. The lowest BCUT2D eigenvalue weighted by Crippen LogP contribution is -2.25. The van der Waals surface area contributed by atoms with E-state index < -0.39 is 0 Å². The van der Waals surface area contributed by atoms with Gasteiger partial charge in [0.1, 0.15) is 0 Å². The van der Waals surface area contributed by atoms with Gasteiger partial charge in [0.2, 0.25) is 17.7 Å². The minimum Gasteiger partial charge on any atom is -0.318 e. The number of nitrogens with one attached hydrogen (secondary N) is 4. The molecule has 0 saturated heterocycles. The van der Waals surface area contributed by atoms with Gasteiger partial charge in [-0.15, -0.1) is 0 Å². The highest BCUT2D eigenvalue weighted by molar-refractivity contribution is 6.12. The lowest BCUT2D eigenvalue weighted by molar-refractivity contribution is -0.379. The number of rotatable bonds is 4. The second kappa shape index (κ2) is 7.00. The van der Waals surface area contributed by atoms with Crippen molar-refractivity contribution in [1.82, 2.24) is 4.98 Å². The Morgan fingerprint density at radius 2 is 1.36 bits per heavy atom. The first kappa shape index (κ1) is 16.4. The van der Waals surface area contributed by atoms with Crippen molar-refractivity contribution in [3.63, 3.8) is 0 Å². The molecule has 1 aromatic heterocycles. The minimum absolute atomic E-state index is 0.175. The lowest BCUT2D eigenvalue weighted by Gasteiger charge is -2.07. The van der Waals surface area contributed by atoms with Crippen LogP contribution in [0.1, 0.15) is 32.1 Å². The van der Waals surface area contributed by atoms with E-state index in [0.29, 0.717) is 11.4 Å². The maximum atomic E-state index is 12.5. The van der Waals surface area contributed by atoms with E-state index in [2.05, 4.69) is 20.6 Å². The highest BCUT2D eigenvalue weighted by Gasteiger charge is 2.26. The Morgan fingerprint density at radius 3 is 1.92 bits per heavy atom. The molecule has 0 aliphatic carbocycles. The molecule has 0 aliphatic rings. The largest absolute Gasteiger partial charge is 0.318 e. The number of imidazole rings is 1. The summed E-state index contributed by atoms with van der Waals surface area (Å²) in [4.78, 5) is 30.7. The number of hydrogen-bond donors (Lipinski definition) is 3. The second-order valence-electron chi connectivity index (χ2n) is 5.72. The third-order valence-electron chi connectivity index (χ3n) is 3.92. The maximum Gasteiger partial charge on any atom is 0.300 e. The number of carbonyl (C=O) groups excluding carboxylic acids is 2. The van der Waals surface area contributed by atoms with Crippen LogP contribution in [-0.2, 0) is 0 Å². The lowest BCUT2D eigenvalue weighted by atomic mass is 10.2. The Kier molecular flexibility index (Phi) is 4.61. The van der Waals surface area contributed by atoms with Gasteiger partial charge in [0.25, 0.3) is 11.8 Å². The molecule has 0 radical (unpaired) electrons. The van der Waals surface area contributed by atoms with Crippen molar-refractivity contribution >= 4 is 23.2 Å². The standard InChI is InChI=1S/C19H18N4O2/c1-12-7-3-5-9-14(12)22-18(24)16-17(21-11-20-16)19(25)23-15-10-6-4-8-13(15)2/h3-11H,1-2H3,(H,20,21)(H,22,24)(H,23,25)/p+1. The molecule has 126 valence electrons. The summed E-state index contributed by atoms with van der Waals surface area (Å²) in [6.45, 7) is 3.81. The molecule has 0 bridgehead atoms. The van der Waals surface area contributed by atoms with Crippen LogP contribution in [0.3, 0.4) is 0 Å². The van der Waals surface area contributed by atoms with Crippen molar-refractivity contribution in [3.8, 4) is 0 Å². The van der Waals surface area contributed by atoms with Crippen LogP contribution in [-0.4, -0.2) is 16.8 Å². The van der Waals surface area contributed by atoms with E-state index in [9.17, 15) is 9.59 Å². The summed E-state index contributed by atoms with van der Waals surface area (Å²) in [5.41, 5.74) is 3.64. The fraction of sp³-hybridized carbons (Fsp3) is 0.105. The van der Waals surface area contributed by atoms with Crippen LogP contribution in [0.4, 0.5) is 11.4 Å². The van der Waals surface area contributed by atoms with Gasteiger partial charge in [0.15, 0.2) is 0 Å². The average molecular weight is 335 g/mol. The number of carbonyl (C=O) groups is 2. The number of H-pyrrole nitrogens is 2. The van der Waals surface area contributed by atoms with E-state index in [-0.39, 0.29) is 23.2 Å². The Balaban J connectivity index is 1.80. The monoisotopic (exact) mass is 335 g/mol. The molecule has 4 N–H and O–H groups in total. The van der Waals surface area contributed by atoms with Crippen molar-refractivity contribution in [2.24, 2.45) is 0 Å². The molecule has 0 atom stereocenters. The third-order valence-corrected chi connectivity index (χ3v) is 3.92. The molecule has 0 spiro atoms. The summed E-state index contributed by atoms with van der Waals surface area (Å²) in [5, 5.41) is 5.63. The van der Waals surface area contributed by atoms with Crippen molar-refractivity contribution in [2.75, 3.05) is 10.6 Å². The molecule has 0 aliphatic heterocycles. The second-order valence-corrected chi connectivity index (χ2v) is 5.72. The topological polar surface area (TPSA) is 88.1 Å². The molecule has 3 rings (SSSR count). The Morgan fingerprint density at radius 1 is 0.840 bits per heavy atom. The molecular weight excluding hydrogens is 316 g/mol. The first-order chi connectivity index (χ1) is 12.1. The number of anilines is 2. The van der Waals surface area contributed by atoms with Crippen LogP contribution in [0, 0.1) is 13.8 Å². The van der Waals surface area contributed by atoms with Gasteiger partial charge in [-0.1, -0.05) is 36.4 Å². The van der Waals surface area contributed by atoms with Crippen LogP contribution >= 0.6 is 0 Å². The fourth-order valence-corrected chi connectivity index (χ4v) is 2.48. The third kappa shape index (κ3) is 3.58. The van der Waals surface area contributed by atoms with E-state index in [0.717, 1.165) is 11.1 Å². The van der Waals surface area contributed by atoms with E-state index in [1.54, 1.807) is 0 Å². The van der Waals surface area contributed by atoms with Gasteiger partial charge < -0.3 is 10.6 Å². The number of aromatic amines is 2. The van der Waals surface area contributed by atoms with Crippen LogP contribution in [0.15, 0.2) is 54.9 Å². The van der Waals surface area contributed by atoms with Crippen molar-refractivity contribution < 1.29 is 14.6 Å². The zero-order valence-corrected chi connectivity index (χ0v) is 14.0. The van der Waals surface area contributed by atoms with E-state index in [4.69, 9.17) is 0 Å². The van der Waals surface area contributed by atoms with Crippen molar-refractivity contribution in [1.29, 1.82) is 0 Å². The summed E-state index contributed by atoms with van der Waals surface area (Å²) in [5.74, 6) is -0.768. The maximum absolute atomic E-state index is 12.5. The first-order valence-electron chi connectivity index (χ1n) is 7.89. The molecule has 0 unspecified atom stereocenters. The average Bonchev–Trinajstić information content (AvgIpc) is 3.09. The molecule has 25 heavy (non-hydrogen) atoms.